The number of hydrogen-bond donors (Lipinski definition) is 2. The summed E-state index contributed by atoms with van der Waals surface area (Å²) in [4.78, 5) is 12.1. The molecule has 1 fully saturated rings. The summed E-state index contributed by atoms with van der Waals surface area (Å²) < 4.78 is 8.11. The Morgan fingerprint density at radius 2 is 1.85 bits per heavy atom. The molecule has 0 unspecified atom stereocenters. The molecular weight excluding hydrogens is 412 g/mol. The zero-order valence-corrected chi connectivity index (χ0v) is 19.9. The van der Waals surface area contributed by atoms with Crippen molar-refractivity contribution in [2.45, 2.75) is 58.8 Å². The fourth-order valence-corrected chi connectivity index (χ4v) is 4.49. The zero-order chi connectivity index (χ0) is 22.9. The van der Waals surface area contributed by atoms with Crippen LogP contribution >= 0.6 is 0 Å². The lowest BCUT2D eigenvalue weighted by atomic mass is 10.1. The van der Waals surface area contributed by atoms with Gasteiger partial charge in [-0.25, -0.2) is 9.97 Å². The predicted octanol–water partition coefficient (Wildman–Crippen LogP) is 3.76. The summed E-state index contributed by atoms with van der Waals surface area (Å²) in [5.41, 5.74) is 10.8. The summed E-state index contributed by atoms with van der Waals surface area (Å²) in [6, 6.07) is 10.2. The van der Waals surface area contributed by atoms with Crippen LogP contribution in [-0.2, 0) is 30.9 Å². The second kappa shape index (κ2) is 12.1. The van der Waals surface area contributed by atoms with Crippen molar-refractivity contribution in [1.82, 2.24) is 24.8 Å². The van der Waals surface area contributed by atoms with E-state index in [1.807, 2.05) is 18.2 Å². The average Bonchev–Trinajstić information content (AvgIpc) is 3.19. The first-order chi connectivity index (χ1) is 16.2. The number of anilines is 1. The SMILES string of the molecule is CCCCc1nc(N)c2c(n1)c(CCCCN1CCNCC1)cn2COCc1ccccc1. The van der Waals surface area contributed by atoms with Gasteiger partial charge in [-0.15, -0.1) is 0 Å². The number of benzene rings is 1. The first-order valence-corrected chi connectivity index (χ1v) is 12.4. The third-order valence-corrected chi connectivity index (χ3v) is 6.34. The Morgan fingerprint density at radius 3 is 2.64 bits per heavy atom. The Hall–Kier alpha value is -2.48. The molecule has 1 aromatic carbocycles. The molecule has 3 aromatic rings. The molecule has 7 nitrogen and oxygen atoms in total. The fourth-order valence-electron chi connectivity index (χ4n) is 4.49. The van der Waals surface area contributed by atoms with E-state index in [0.717, 1.165) is 80.7 Å². The van der Waals surface area contributed by atoms with E-state index in [1.165, 1.54) is 18.5 Å². The molecule has 1 aliphatic rings. The minimum atomic E-state index is 0.439. The topological polar surface area (TPSA) is 81.2 Å². The number of nitrogens with zero attached hydrogens (tertiary/aromatic N) is 4. The van der Waals surface area contributed by atoms with Crippen molar-refractivity contribution in [3.63, 3.8) is 0 Å². The number of unbranched alkanes of at least 4 members (excludes halogenated alkanes) is 2. The lowest BCUT2D eigenvalue weighted by molar-refractivity contribution is 0.0667. The van der Waals surface area contributed by atoms with Gasteiger partial charge in [0, 0.05) is 38.8 Å². The number of aromatic nitrogens is 3. The van der Waals surface area contributed by atoms with E-state index in [4.69, 9.17) is 15.5 Å². The van der Waals surface area contributed by atoms with Crippen molar-refractivity contribution in [1.29, 1.82) is 0 Å². The van der Waals surface area contributed by atoms with Gasteiger partial charge in [0.05, 0.1) is 12.1 Å². The van der Waals surface area contributed by atoms with Crippen molar-refractivity contribution < 1.29 is 4.74 Å². The summed E-state index contributed by atoms with van der Waals surface area (Å²) in [6.45, 7) is 8.88. The Morgan fingerprint density at radius 1 is 1.03 bits per heavy atom. The molecule has 0 radical (unpaired) electrons. The maximum Gasteiger partial charge on any atom is 0.151 e. The number of nitrogens with one attached hydrogen (secondary N) is 1. The van der Waals surface area contributed by atoms with E-state index in [2.05, 4.69) is 45.0 Å². The third kappa shape index (κ3) is 6.53. The second-order valence-corrected chi connectivity index (χ2v) is 8.96. The van der Waals surface area contributed by atoms with Crippen LogP contribution < -0.4 is 11.1 Å². The quantitative estimate of drug-likeness (QED) is 0.409. The molecule has 1 saturated heterocycles. The highest BCUT2D eigenvalue weighted by atomic mass is 16.5. The van der Waals surface area contributed by atoms with Crippen LogP contribution in [0.1, 0.15) is 49.6 Å². The number of rotatable bonds is 12. The van der Waals surface area contributed by atoms with Gasteiger partial charge in [-0.2, -0.15) is 0 Å². The first-order valence-electron chi connectivity index (χ1n) is 12.4. The van der Waals surface area contributed by atoms with Crippen LogP contribution in [-0.4, -0.2) is 52.2 Å². The maximum atomic E-state index is 6.44. The highest BCUT2D eigenvalue weighted by Gasteiger charge is 2.16. The van der Waals surface area contributed by atoms with Crippen LogP contribution in [0.5, 0.6) is 0 Å². The molecule has 4 rings (SSSR count). The minimum Gasteiger partial charge on any atom is -0.382 e. The number of aryl methyl sites for hydroxylation is 2. The molecule has 2 aromatic heterocycles. The molecule has 0 saturated carbocycles. The van der Waals surface area contributed by atoms with Gasteiger partial charge in [0.1, 0.15) is 18.1 Å². The van der Waals surface area contributed by atoms with Crippen molar-refractivity contribution in [2.24, 2.45) is 0 Å². The Balaban J connectivity index is 1.46. The number of fused-ring (bicyclic) bond motifs is 1. The molecule has 1 aliphatic heterocycles. The summed E-state index contributed by atoms with van der Waals surface area (Å²) >= 11 is 0. The molecule has 0 atom stereocenters. The molecule has 0 spiro atoms. The highest BCUT2D eigenvalue weighted by Crippen LogP contribution is 2.26. The fraction of sp³-hybridized carbons (Fsp3) is 0.538. The Bertz CT molecular complexity index is 997. The van der Waals surface area contributed by atoms with E-state index in [-0.39, 0.29) is 0 Å². The van der Waals surface area contributed by atoms with Crippen molar-refractivity contribution in [3.05, 3.63) is 53.5 Å². The third-order valence-electron chi connectivity index (χ3n) is 6.34. The van der Waals surface area contributed by atoms with Crippen LogP contribution in [0.25, 0.3) is 11.0 Å². The van der Waals surface area contributed by atoms with Gasteiger partial charge >= 0.3 is 0 Å². The minimum absolute atomic E-state index is 0.439. The standard InChI is InChI=1S/C26H38N6O/c1-2-3-12-23-29-24-22(11-7-8-15-31-16-13-28-14-17-31)18-32(25(24)26(27)30-23)20-33-19-21-9-5-4-6-10-21/h4-6,9-10,18,28H,2-3,7-8,11-17,19-20H2,1H3,(H2,27,29,30). The smallest absolute Gasteiger partial charge is 0.151 e. The van der Waals surface area contributed by atoms with E-state index < -0.39 is 0 Å². The predicted molar refractivity (Wildman–Crippen MR) is 134 cm³/mol. The van der Waals surface area contributed by atoms with Crippen LogP contribution in [0.4, 0.5) is 5.82 Å². The summed E-state index contributed by atoms with van der Waals surface area (Å²) in [7, 11) is 0. The molecule has 0 aliphatic carbocycles. The van der Waals surface area contributed by atoms with Crippen LogP contribution in [0.3, 0.4) is 0 Å². The van der Waals surface area contributed by atoms with E-state index >= 15 is 0 Å². The molecule has 0 bridgehead atoms. The van der Waals surface area contributed by atoms with Gasteiger partial charge in [-0.05, 0) is 43.4 Å². The zero-order valence-electron chi connectivity index (χ0n) is 19.9. The summed E-state index contributed by atoms with van der Waals surface area (Å²) in [5, 5.41) is 3.42. The summed E-state index contributed by atoms with van der Waals surface area (Å²) in [5.74, 6) is 1.41. The van der Waals surface area contributed by atoms with E-state index in [9.17, 15) is 0 Å². The molecule has 0 amide bonds. The number of nitrogens with two attached hydrogens (primary N) is 1. The van der Waals surface area contributed by atoms with E-state index in [0.29, 0.717) is 19.2 Å². The second-order valence-electron chi connectivity index (χ2n) is 8.96. The number of nitrogen functional groups attached to an aromatic ring is 1. The van der Waals surface area contributed by atoms with Gasteiger partial charge in [-0.3, -0.25) is 0 Å². The van der Waals surface area contributed by atoms with Crippen LogP contribution in [0.15, 0.2) is 36.5 Å². The molecule has 178 valence electrons. The highest BCUT2D eigenvalue weighted by molar-refractivity contribution is 5.88. The number of piperazine rings is 1. The largest absolute Gasteiger partial charge is 0.382 e. The Labute approximate surface area is 197 Å². The van der Waals surface area contributed by atoms with Gasteiger partial charge in [-0.1, -0.05) is 43.7 Å². The van der Waals surface area contributed by atoms with Crippen molar-refractivity contribution >= 4 is 16.9 Å². The average molecular weight is 451 g/mol. The molecular formula is C26H38N6O. The van der Waals surface area contributed by atoms with Crippen molar-refractivity contribution in [3.8, 4) is 0 Å². The molecule has 3 heterocycles. The van der Waals surface area contributed by atoms with Gasteiger partial charge < -0.3 is 25.3 Å². The number of hydrogen-bond acceptors (Lipinski definition) is 6. The lowest BCUT2D eigenvalue weighted by Gasteiger charge is -2.26. The van der Waals surface area contributed by atoms with Gasteiger partial charge in [0.2, 0.25) is 0 Å². The molecule has 7 heteroatoms. The van der Waals surface area contributed by atoms with Crippen LogP contribution in [0.2, 0.25) is 0 Å². The first kappa shape index (κ1) is 23.7. The van der Waals surface area contributed by atoms with Crippen molar-refractivity contribution in [2.75, 3.05) is 38.5 Å². The number of ether oxygens (including phenoxy) is 1. The Kier molecular flexibility index (Phi) is 8.69. The maximum absolute atomic E-state index is 6.44. The monoisotopic (exact) mass is 450 g/mol. The normalized spacial score (nSPS) is 14.8. The van der Waals surface area contributed by atoms with Gasteiger partial charge in [0.25, 0.3) is 0 Å². The molecule has 33 heavy (non-hydrogen) atoms. The lowest BCUT2D eigenvalue weighted by Crippen LogP contribution is -2.43. The summed E-state index contributed by atoms with van der Waals surface area (Å²) in [6.07, 6.45) is 8.57. The van der Waals surface area contributed by atoms with E-state index in [1.54, 1.807) is 0 Å². The van der Waals surface area contributed by atoms with Crippen LogP contribution in [0, 0.1) is 0 Å². The van der Waals surface area contributed by atoms with Gasteiger partial charge in [0.15, 0.2) is 5.82 Å². The molecule has 3 N–H and O–H groups in total.